The monoisotopic (exact) mass is 504 g/mol. The number of aliphatic hydroxyl groups excluding tert-OH is 1. The number of carbonyl (C=O) groups excluding carboxylic acids is 2. The number of rotatable bonds is 3. The molecule has 1 fully saturated rings. The summed E-state index contributed by atoms with van der Waals surface area (Å²) in [7, 11) is 1.91. The average Bonchev–Trinajstić information content (AvgIpc) is 3.31. The van der Waals surface area contributed by atoms with Crippen LogP contribution in [0.15, 0.2) is 72.4 Å². The molecule has 35 heavy (non-hydrogen) atoms. The normalized spacial score (nSPS) is 17.5. The molecule has 1 atom stereocenters. The van der Waals surface area contributed by atoms with Gasteiger partial charge in [0.05, 0.1) is 21.7 Å². The third-order valence-corrected chi connectivity index (χ3v) is 7.37. The molecular weight excluding hydrogens is 483 g/mol. The molecule has 176 valence electrons. The van der Waals surface area contributed by atoms with Gasteiger partial charge >= 0.3 is 0 Å². The van der Waals surface area contributed by atoms with Crippen molar-refractivity contribution >= 4 is 57.2 Å². The van der Waals surface area contributed by atoms with Crippen LogP contribution in [0.25, 0.3) is 16.7 Å². The minimum Gasteiger partial charge on any atom is -0.507 e. The number of ketones is 1. The van der Waals surface area contributed by atoms with Gasteiger partial charge in [0.15, 0.2) is 0 Å². The van der Waals surface area contributed by atoms with Crippen LogP contribution in [0.1, 0.15) is 28.3 Å². The van der Waals surface area contributed by atoms with Gasteiger partial charge in [0.2, 0.25) is 0 Å². The molecule has 1 aromatic heterocycles. The zero-order valence-corrected chi connectivity index (χ0v) is 20.9. The Labute approximate surface area is 212 Å². The van der Waals surface area contributed by atoms with Crippen molar-refractivity contribution in [1.82, 2.24) is 4.57 Å². The zero-order chi connectivity index (χ0) is 25.0. The molecule has 0 aliphatic carbocycles. The predicted octanol–water partition coefficient (Wildman–Crippen LogP) is 6.73. The van der Waals surface area contributed by atoms with Crippen LogP contribution in [0.3, 0.4) is 0 Å². The van der Waals surface area contributed by atoms with Crippen molar-refractivity contribution in [3.8, 4) is 0 Å². The van der Waals surface area contributed by atoms with E-state index in [4.69, 9.17) is 23.2 Å². The fourth-order valence-corrected chi connectivity index (χ4v) is 4.96. The summed E-state index contributed by atoms with van der Waals surface area (Å²) in [5.41, 5.74) is 4.64. The number of fused-ring (bicyclic) bond motifs is 1. The first-order valence-electron chi connectivity index (χ1n) is 11.1. The van der Waals surface area contributed by atoms with Crippen molar-refractivity contribution in [3.05, 3.63) is 105 Å². The van der Waals surface area contributed by atoms with E-state index in [1.807, 2.05) is 74.1 Å². The maximum absolute atomic E-state index is 13.5. The Morgan fingerprint density at radius 2 is 1.66 bits per heavy atom. The molecule has 0 spiro atoms. The quantitative estimate of drug-likeness (QED) is 0.191. The van der Waals surface area contributed by atoms with E-state index >= 15 is 0 Å². The Kier molecular flexibility index (Phi) is 5.70. The first-order valence-corrected chi connectivity index (χ1v) is 11.8. The molecule has 5 nitrogen and oxygen atoms in total. The van der Waals surface area contributed by atoms with Crippen LogP contribution < -0.4 is 4.90 Å². The lowest BCUT2D eigenvalue weighted by Gasteiger charge is -2.25. The van der Waals surface area contributed by atoms with Crippen molar-refractivity contribution < 1.29 is 14.7 Å². The summed E-state index contributed by atoms with van der Waals surface area (Å²) >= 11 is 12.2. The Morgan fingerprint density at radius 1 is 0.914 bits per heavy atom. The third kappa shape index (κ3) is 3.72. The first-order chi connectivity index (χ1) is 16.7. The van der Waals surface area contributed by atoms with Gasteiger partial charge in [-0.3, -0.25) is 14.5 Å². The van der Waals surface area contributed by atoms with Crippen molar-refractivity contribution in [1.29, 1.82) is 0 Å². The number of benzene rings is 3. The third-order valence-electron chi connectivity index (χ3n) is 6.63. The number of aliphatic hydroxyl groups is 1. The number of nitrogens with zero attached hydrogens (tertiary/aromatic N) is 2. The summed E-state index contributed by atoms with van der Waals surface area (Å²) in [4.78, 5) is 28.4. The Morgan fingerprint density at radius 3 is 2.37 bits per heavy atom. The second-order valence-electron chi connectivity index (χ2n) is 8.78. The fourth-order valence-electron chi connectivity index (χ4n) is 4.66. The Hall–Kier alpha value is -3.54. The summed E-state index contributed by atoms with van der Waals surface area (Å²) < 4.78 is 1.95. The molecule has 1 aliphatic rings. The maximum Gasteiger partial charge on any atom is 0.300 e. The van der Waals surface area contributed by atoms with Crippen LogP contribution in [0.2, 0.25) is 10.0 Å². The van der Waals surface area contributed by atoms with Crippen molar-refractivity contribution in [3.63, 3.8) is 0 Å². The molecule has 1 aliphatic heterocycles. The molecule has 4 aromatic rings. The number of hydrogen-bond donors (Lipinski definition) is 1. The number of anilines is 1. The minimum atomic E-state index is -0.836. The summed E-state index contributed by atoms with van der Waals surface area (Å²) in [6, 6.07) is 17.2. The number of aromatic nitrogens is 1. The highest BCUT2D eigenvalue weighted by atomic mass is 35.5. The topological polar surface area (TPSA) is 62.5 Å². The van der Waals surface area contributed by atoms with Crippen molar-refractivity contribution in [2.45, 2.75) is 19.9 Å². The molecular formula is C28H22Cl2N2O3. The number of halogens is 2. The molecule has 5 rings (SSSR count). The van der Waals surface area contributed by atoms with Crippen molar-refractivity contribution in [2.75, 3.05) is 4.90 Å². The molecule has 1 saturated heterocycles. The van der Waals surface area contributed by atoms with Gasteiger partial charge in [-0.25, -0.2) is 0 Å². The molecule has 1 N–H and O–H groups in total. The van der Waals surface area contributed by atoms with E-state index < -0.39 is 17.7 Å². The lowest BCUT2D eigenvalue weighted by molar-refractivity contribution is -0.132. The summed E-state index contributed by atoms with van der Waals surface area (Å²) in [6.45, 7) is 3.94. The molecule has 0 saturated carbocycles. The lowest BCUT2D eigenvalue weighted by atomic mass is 9.94. The average molecular weight is 505 g/mol. The second-order valence-corrected chi connectivity index (χ2v) is 9.59. The fraction of sp³-hybridized carbons (Fsp3) is 0.143. The number of hydrogen-bond acceptors (Lipinski definition) is 3. The molecule has 7 heteroatoms. The molecule has 0 bridgehead atoms. The van der Waals surface area contributed by atoms with E-state index in [0.717, 1.165) is 27.6 Å². The van der Waals surface area contributed by atoms with E-state index in [-0.39, 0.29) is 16.4 Å². The summed E-state index contributed by atoms with van der Waals surface area (Å²) in [5.74, 6) is -1.76. The van der Waals surface area contributed by atoms with Gasteiger partial charge in [0.1, 0.15) is 5.76 Å². The number of Topliss-reactive ketones (excluding diaryl/α,β-unsaturated/α-hetero) is 1. The number of carbonyl (C=O) groups is 2. The molecule has 1 amide bonds. The predicted molar refractivity (Wildman–Crippen MR) is 140 cm³/mol. The molecule has 2 heterocycles. The number of aryl methyl sites for hydroxylation is 3. The largest absolute Gasteiger partial charge is 0.507 e. The Balaban J connectivity index is 1.81. The van der Waals surface area contributed by atoms with Gasteiger partial charge in [0, 0.05) is 41.0 Å². The van der Waals surface area contributed by atoms with Gasteiger partial charge in [-0.05, 0) is 61.4 Å². The van der Waals surface area contributed by atoms with Gasteiger partial charge in [-0.2, -0.15) is 0 Å². The summed E-state index contributed by atoms with van der Waals surface area (Å²) in [6.07, 6.45) is 1.90. The highest BCUT2D eigenvalue weighted by molar-refractivity contribution is 6.52. The van der Waals surface area contributed by atoms with Gasteiger partial charge in [0.25, 0.3) is 11.7 Å². The lowest BCUT2D eigenvalue weighted by Crippen LogP contribution is -2.29. The van der Waals surface area contributed by atoms with Gasteiger partial charge in [-0.15, -0.1) is 0 Å². The van der Waals surface area contributed by atoms with Crippen LogP contribution in [0, 0.1) is 13.8 Å². The Bertz CT molecular complexity index is 1570. The van der Waals surface area contributed by atoms with E-state index in [0.29, 0.717) is 16.3 Å². The standard InChI is InChI=1S/C28H22Cl2N2O3/c1-15-8-10-18(12-16(15)2)32-25(20-14-31(3)23-7-5-4-6-19(20)23)24(27(34)28(32)35)26(33)17-9-11-21(29)22(30)13-17/h4-14,25,33H,1-3H3/b26-24+. The highest BCUT2D eigenvalue weighted by Gasteiger charge is 2.48. The number of para-hydroxylation sites is 1. The van der Waals surface area contributed by atoms with Gasteiger partial charge < -0.3 is 9.67 Å². The maximum atomic E-state index is 13.5. The van der Waals surface area contributed by atoms with Crippen LogP contribution >= 0.6 is 23.2 Å². The summed E-state index contributed by atoms with van der Waals surface area (Å²) in [5, 5.41) is 12.8. The van der Waals surface area contributed by atoms with Gasteiger partial charge in [-0.1, -0.05) is 47.5 Å². The van der Waals surface area contributed by atoms with Crippen LogP contribution in [0.4, 0.5) is 5.69 Å². The van der Waals surface area contributed by atoms with Crippen LogP contribution in [-0.2, 0) is 16.6 Å². The van der Waals surface area contributed by atoms with Crippen LogP contribution in [-0.4, -0.2) is 21.4 Å². The van der Waals surface area contributed by atoms with E-state index in [9.17, 15) is 14.7 Å². The van der Waals surface area contributed by atoms with Crippen LogP contribution in [0.5, 0.6) is 0 Å². The highest BCUT2D eigenvalue weighted by Crippen LogP contribution is 2.45. The second kappa shape index (κ2) is 8.59. The van der Waals surface area contributed by atoms with E-state index in [2.05, 4.69) is 0 Å². The van der Waals surface area contributed by atoms with Crippen molar-refractivity contribution in [2.24, 2.45) is 7.05 Å². The smallest absolute Gasteiger partial charge is 0.300 e. The molecule has 1 unspecified atom stereocenters. The SMILES string of the molecule is Cc1ccc(N2C(=O)C(=O)/C(=C(/O)c3ccc(Cl)c(Cl)c3)C2c2cn(C)c3ccccc23)cc1C. The zero-order valence-electron chi connectivity index (χ0n) is 19.3. The van der Waals surface area contributed by atoms with E-state index in [1.165, 1.54) is 11.0 Å². The molecule has 0 radical (unpaired) electrons. The first kappa shape index (κ1) is 23.2. The number of amides is 1. The minimum absolute atomic E-state index is 0.00275. The van der Waals surface area contributed by atoms with E-state index in [1.54, 1.807) is 12.1 Å². The molecule has 3 aromatic carbocycles.